The molecule has 1 aliphatic rings. The van der Waals surface area contributed by atoms with Crippen LogP contribution in [0, 0.1) is 6.92 Å². The fraction of sp³-hybridized carbons (Fsp3) is 0.111. The zero-order valence-electron chi connectivity index (χ0n) is 23.5. The van der Waals surface area contributed by atoms with E-state index in [9.17, 15) is 14.7 Å². The molecule has 214 valence electrons. The Hall–Kier alpha value is -5.56. The number of amides is 1. The number of Topliss-reactive ketones (excluding diaryl/α,β-unsaturated/α-hetero) is 1. The van der Waals surface area contributed by atoms with Crippen molar-refractivity contribution in [2.75, 3.05) is 0 Å². The molecule has 1 fully saturated rings. The monoisotopic (exact) mass is 571 g/mol. The van der Waals surface area contributed by atoms with E-state index in [-0.39, 0.29) is 17.9 Å². The van der Waals surface area contributed by atoms with E-state index in [0.29, 0.717) is 40.7 Å². The summed E-state index contributed by atoms with van der Waals surface area (Å²) >= 11 is 0. The Morgan fingerprint density at radius 1 is 0.814 bits per heavy atom. The molecule has 1 atom stereocenters. The number of hydrogen-bond acceptors (Lipinski definition) is 6. The molecule has 1 amide bonds. The third-order valence-corrected chi connectivity index (χ3v) is 7.38. The van der Waals surface area contributed by atoms with Crippen molar-refractivity contribution in [1.29, 1.82) is 0 Å². The van der Waals surface area contributed by atoms with E-state index in [4.69, 9.17) is 13.9 Å². The molecule has 1 saturated heterocycles. The highest BCUT2D eigenvalue weighted by molar-refractivity contribution is 6.46. The first-order chi connectivity index (χ1) is 21.0. The van der Waals surface area contributed by atoms with Crippen LogP contribution in [0.2, 0.25) is 0 Å². The maximum atomic E-state index is 13.5. The van der Waals surface area contributed by atoms with Crippen molar-refractivity contribution in [2.24, 2.45) is 0 Å². The molecule has 7 nitrogen and oxygen atoms in total. The van der Waals surface area contributed by atoms with Gasteiger partial charge in [-0.1, -0.05) is 54.6 Å². The molecule has 6 rings (SSSR count). The van der Waals surface area contributed by atoms with Gasteiger partial charge in [0.2, 0.25) is 0 Å². The van der Waals surface area contributed by atoms with E-state index in [1.807, 2.05) is 61.5 Å². The maximum Gasteiger partial charge on any atom is 0.296 e. The van der Waals surface area contributed by atoms with Gasteiger partial charge in [-0.15, -0.1) is 0 Å². The predicted molar refractivity (Wildman–Crippen MR) is 161 cm³/mol. The van der Waals surface area contributed by atoms with Crippen molar-refractivity contribution < 1.29 is 28.6 Å². The van der Waals surface area contributed by atoms with Crippen LogP contribution in [0.15, 0.2) is 132 Å². The predicted octanol–water partition coefficient (Wildman–Crippen LogP) is 7.58. The topological polar surface area (TPSA) is 89.2 Å². The molecule has 0 spiro atoms. The Bertz CT molecular complexity index is 1770. The van der Waals surface area contributed by atoms with Crippen LogP contribution >= 0.6 is 0 Å². The number of hydrogen-bond donors (Lipinski definition) is 1. The summed E-state index contributed by atoms with van der Waals surface area (Å²) in [5.74, 6) is 0.527. The number of ketones is 1. The molecule has 0 saturated carbocycles. The van der Waals surface area contributed by atoms with E-state index in [1.165, 1.54) is 11.2 Å². The fourth-order valence-corrected chi connectivity index (χ4v) is 5.13. The summed E-state index contributed by atoms with van der Waals surface area (Å²) in [4.78, 5) is 28.3. The van der Waals surface area contributed by atoms with Gasteiger partial charge in [-0.3, -0.25) is 9.59 Å². The van der Waals surface area contributed by atoms with Crippen LogP contribution in [0.1, 0.15) is 34.1 Å². The number of aliphatic hydroxyl groups is 1. The van der Waals surface area contributed by atoms with Crippen LogP contribution in [-0.2, 0) is 22.7 Å². The second-order valence-corrected chi connectivity index (χ2v) is 10.2. The van der Waals surface area contributed by atoms with Gasteiger partial charge in [-0.2, -0.15) is 0 Å². The molecule has 0 radical (unpaired) electrons. The number of aliphatic hydroxyl groups excluding tert-OH is 1. The lowest BCUT2D eigenvalue weighted by Crippen LogP contribution is -2.29. The van der Waals surface area contributed by atoms with E-state index in [2.05, 4.69) is 0 Å². The molecule has 1 aliphatic heterocycles. The lowest BCUT2D eigenvalue weighted by atomic mass is 9.95. The van der Waals surface area contributed by atoms with E-state index in [0.717, 1.165) is 11.1 Å². The number of likely N-dealkylation sites (tertiary alicyclic amines) is 1. The highest BCUT2D eigenvalue weighted by Crippen LogP contribution is 2.41. The Labute approximate surface area is 249 Å². The molecule has 0 bridgehead atoms. The van der Waals surface area contributed by atoms with Crippen molar-refractivity contribution in [3.63, 3.8) is 0 Å². The Morgan fingerprint density at radius 3 is 2.30 bits per heavy atom. The van der Waals surface area contributed by atoms with Crippen LogP contribution < -0.4 is 9.47 Å². The van der Waals surface area contributed by atoms with Crippen LogP contribution in [0.25, 0.3) is 5.76 Å². The molecule has 7 heteroatoms. The minimum Gasteiger partial charge on any atom is -0.507 e. The van der Waals surface area contributed by atoms with Gasteiger partial charge < -0.3 is 23.9 Å². The summed E-state index contributed by atoms with van der Waals surface area (Å²) in [5, 5.41) is 11.5. The molecule has 1 aromatic heterocycles. The molecule has 0 aliphatic carbocycles. The molecule has 2 heterocycles. The lowest BCUT2D eigenvalue weighted by molar-refractivity contribution is -0.140. The summed E-state index contributed by atoms with van der Waals surface area (Å²) in [7, 11) is 0. The van der Waals surface area contributed by atoms with Crippen molar-refractivity contribution in [3.8, 4) is 17.2 Å². The number of rotatable bonds is 9. The average molecular weight is 572 g/mol. The molecule has 1 unspecified atom stereocenters. The molecule has 1 N–H and O–H groups in total. The van der Waals surface area contributed by atoms with Crippen molar-refractivity contribution in [2.45, 2.75) is 26.1 Å². The van der Waals surface area contributed by atoms with E-state index in [1.54, 1.807) is 60.7 Å². The summed E-state index contributed by atoms with van der Waals surface area (Å²) < 4.78 is 17.5. The first-order valence-corrected chi connectivity index (χ1v) is 13.9. The fourth-order valence-electron chi connectivity index (χ4n) is 5.13. The molecule has 43 heavy (non-hydrogen) atoms. The molecular weight excluding hydrogens is 542 g/mol. The Morgan fingerprint density at radius 2 is 1.56 bits per heavy atom. The Balaban J connectivity index is 1.34. The maximum absolute atomic E-state index is 13.5. The minimum atomic E-state index is -0.874. The van der Waals surface area contributed by atoms with Crippen LogP contribution in [0.3, 0.4) is 0 Å². The molecule has 4 aromatic carbocycles. The molecule has 5 aromatic rings. The van der Waals surface area contributed by atoms with Crippen LogP contribution in [0.4, 0.5) is 0 Å². The van der Waals surface area contributed by atoms with Gasteiger partial charge in [0, 0.05) is 5.56 Å². The smallest absolute Gasteiger partial charge is 0.296 e. The van der Waals surface area contributed by atoms with E-state index >= 15 is 0 Å². The number of para-hydroxylation sites is 1. The van der Waals surface area contributed by atoms with Crippen molar-refractivity contribution in [1.82, 2.24) is 4.90 Å². The summed E-state index contributed by atoms with van der Waals surface area (Å²) in [6.45, 7) is 2.48. The van der Waals surface area contributed by atoms with Gasteiger partial charge in [-0.05, 0) is 84.3 Å². The second-order valence-electron chi connectivity index (χ2n) is 10.2. The third-order valence-electron chi connectivity index (χ3n) is 7.38. The SMILES string of the molecule is Cc1ccccc1COc1ccc(/C(O)=C2\C(=O)C(=O)N(Cc3ccco3)C2c2cccc(Oc3ccccc3)c2)cc1. The van der Waals surface area contributed by atoms with Gasteiger partial charge in [-0.25, -0.2) is 0 Å². The number of carbonyl (C=O) groups excluding carboxylic acids is 2. The number of aryl methyl sites for hydroxylation is 1. The van der Waals surface area contributed by atoms with Gasteiger partial charge in [0.1, 0.15) is 35.4 Å². The van der Waals surface area contributed by atoms with Gasteiger partial charge in [0.05, 0.1) is 24.4 Å². The Kier molecular flexibility index (Phi) is 7.78. The summed E-state index contributed by atoms with van der Waals surface area (Å²) in [5.41, 5.74) is 3.20. The first-order valence-electron chi connectivity index (χ1n) is 13.9. The summed E-state index contributed by atoms with van der Waals surface area (Å²) in [6.07, 6.45) is 1.51. The van der Waals surface area contributed by atoms with Crippen LogP contribution in [0.5, 0.6) is 17.2 Å². The van der Waals surface area contributed by atoms with Crippen molar-refractivity contribution in [3.05, 3.63) is 155 Å². The number of benzene rings is 4. The third kappa shape index (κ3) is 5.92. The largest absolute Gasteiger partial charge is 0.507 e. The van der Waals surface area contributed by atoms with Gasteiger partial charge in [0.15, 0.2) is 0 Å². The normalized spacial score (nSPS) is 15.9. The first kappa shape index (κ1) is 27.6. The van der Waals surface area contributed by atoms with Gasteiger partial charge >= 0.3 is 0 Å². The standard InChI is InChI=1S/C36H29NO6/c1-24-9-5-6-10-27(24)23-42-28-18-16-25(17-19-28)34(38)32-33(37(36(40)35(32)39)22-31-15-8-20-41-31)26-11-7-14-30(21-26)43-29-12-3-2-4-13-29/h2-21,33,38H,22-23H2,1H3/b34-32+. The number of furan rings is 1. The highest BCUT2D eigenvalue weighted by Gasteiger charge is 2.46. The lowest BCUT2D eigenvalue weighted by Gasteiger charge is -2.25. The van der Waals surface area contributed by atoms with Crippen molar-refractivity contribution >= 4 is 17.4 Å². The average Bonchev–Trinajstić information content (AvgIpc) is 3.64. The van der Waals surface area contributed by atoms with Crippen LogP contribution in [-0.4, -0.2) is 21.7 Å². The number of carbonyl (C=O) groups is 2. The van der Waals surface area contributed by atoms with Gasteiger partial charge in [0.25, 0.3) is 11.7 Å². The zero-order valence-corrected chi connectivity index (χ0v) is 23.5. The number of nitrogens with zero attached hydrogens (tertiary/aromatic N) is 1. The van der Waals surface area contributed by atoms with E-state index < -0.39 is 17.7 Å². The number of ether oxygens (including phenoxy) is 2. The zero-order chi connectivity index (χ0) is 29.8. The minimum absolute atomic E-state index is 0.0120. The quantitative estimate of drug-likeness (QED) is 0.111. The summed E-state index contributed by atoms with van der Waals surface area (Å²) in [6, 6.07) is 33.9. The highest BCUT2D eigenvalue weighted by atomic mass is 16.5. The molecular formula is C36H29NO6. The second kappa shape index (κ2) is 12.1.